The van der Waals surface area contributed by atoms with E-state index in [0.717, 1.165) is 11.4 Å². The molecule has 18 heavy (non-hydrogen) atoms. The van der Waals surface area contributed by atoms with Crippen LogP contribution in [0.25, 0.3) is 0 Å². The SMILES string of the molecule is CC(O)N(Cc1ccccn1)Cc1ccccn1. The summed E-state index contributed by atoms with van der Waals surface area (Å²) in [5.74, 6) is 0. The topological polar surface area (TPSA) is 49.2 Å². The smallest absolute Gasteiger partial charge is 0.105 e. The fourth-order valence-corrected chi connectivity index (χ4v) is 1.72. The first-order chi connectivity index (χ1) is 8.75. The average molecular weight is 243 g/mol. The largest absolute Gasteiger partial charge is 0.379 e. The van der Waals surface area contributed by atoms with Gasteiger partial charge in [0, 0.05) is 25.5 Å². The minimum Gasteiger partial charge on any atom is -0.379 e. The molecule has 0 aliphatic heterocycles. The van der Waals surface area contributed by atoms with Gasteiger partial charge in [-0.3, -0.25) is 14.9 Å². The van der Waals surface area contributed by atoms with Crippen molar-refractivity contribution >= 4 is 0 Å². The molecule has 2 rings (SSSR count). The zero-order valence-corrected chi connectivity index (χ0v) is 10.4. The first kappa shape index (κ1) is 12.7. The van der Waals surface area contributed by atoms with Crippen LogP contribution in [0.5, 0.6) is 0 Å². The molecule has 2 aromatic rings. The highest BCUT2D eigenvalue weighted by Crippen LogP contribution is 2.09. The Kier molecular flexibility index (Phi) is 4.39. The van der Waals surface area contributed by atoms with Crippen LogP contribution >= 0.6 is 0 Å². The molecule has 0 amide bonds. The Balaban J connectivity index is 2.05. The lowest BCUT2D eigenvalue weighted by Crippen LogP contribution is -2.32. The minimum atomic E-state index is -0.533. The highest BCUT2D eigenvalue weighted by atomic mass is 16.3. The van der Waals surface area contributed by atoms with E-state index in [1.165, 1.54) is 0 Å². The summed E-state index contributed by atoms with van der Waals surface area (Å²) < 4.78 is 0. The molecule has 0 aromatic carbocycles. The quantitative estimate of drug-likeness (QED) is 0.814. The van der Waals surface area contributed by atoms with E-state index in [-0.39, 0.29) is 0 Å². The molecule has 1 atom stereocenters. The maximum absolute atomic E-state index is 9.81. The van der Waals surface area contributed by atoms with E-state index in [1.54, 1.807) is 19.3 Å². The maximum atomic E-state index is 9.81. The van der Waals surface area contributed by atoms with E-state index in [9.17, 15) is 5.11 Å². The maximum Gasteiger partial charge on any atom is 0.105 e. The molecule has 0 aliphatic rings. The summed E-state index contributed by atoms with van der Waals surface area (Å²) in [6.45, 7) is 2.97. The van der Waals surface area contributed by atoms with E-state index in [4.69, 9.17) is 0 Å². The molecule has 1 unspecified atom stereocenters. The standard InChI is InChI=1S/C14H17N3O/c1-12(18)17(10-13-6-2-4-8-15-13)11-14-7-3-5-9-16-14/h2-9,12,18H,10-11H2,1H3. The van der Waals surface area contributed by atoms with E-state index in [1.807, 2.05) is 41.3 Å². The van der Waals surface area contributed by atoms with Crippen molar-refractivity contribution in [1.29, 1.82) is 0 Å². The van der Waals surface area contributed by atoms with Crippen LogP contribution in [0.15, 0.2) is 48.8 Å². The van der Waals surface area contributed by atoms with Crippen LogP contribution in [0.1, 0.15) is 18.3 Å². The number of hydrogen-bond acceptors (Lipinski definition) is 4. The fraction of sp³-hybridized carbons (Fsp3) is 0.286. The third kappa shape index (κ3) is 3.61. The van der Waals surface area contributed by atoms with Crippen LogP contribution in [0.2, 0.25) is 0 Å². The van der Waals surface area contributed by atoms with Crippen LogP contribution in [-0.2, 0) is 13.1 Å². The van der Waals surface area contributed by atoms with Gasteiger partial charge in [-0.05, 0) is 31.2 Å². The first-order valence-electron chi connectivity index (χ1n) is 5.97. The monoisotopic (exact) mass is 243 g/mol. The van der Waals surface area contributed by atoms with Gasteiger partial charge in [-0.1, -0.05) is 12.1 Å². The summed E-state index contributed by atoms with van der Waals surface area (Å²) in [6.07, 6.45) is 2.99. The molecule has 4 nitrogen and oxygen atoms in total. The number of aromatic nitrogens is 2. The van der Waals surface area contributed by atoms with Crippen LogP contribution in [-0.4, -0.2) is 26.2 Å². The summed E-state index contributed by atoms with van der Waals surface area (Å²) in [5, 5.41) is 9.81. The Hall–Kier alpha value is -1.78. The Morgan fingerprint density at radius 2 is 1.50 bits per heavy atom. The predicted octanol–water partition coefficient (Wildman–Crippen LogP) is 1.82. The Morgan fingerprint density at radius 3 is 1.83 bits per heavy atom. The summed E-state index contributed by atoms with van der Waals surface area (Å²) in [4.78, 5) is 10.5. The molecule has 0 radical (unpaired) electrons. The third-order valence-electron chi connectivity index (χ3n) is 2.71. The average Bonchev–Trinajstić information content (AvgIpc) is 2.40. The van der Waals surface area contributed by atoms with E-state index < -0.39 is 6.23 Å². The van der Waals surface area contributed by atoms with Crippen molar-refractivity contribution in [3.05, 3.63) is 60.2 Å². The molecule has 0 saturated carbocycles. The van der Waals surface area contributed by atoms with Crippen LogP contribution in [0.4, 0.5) is 0 Å². The first-order valence-corrected chi connectivity index (χ1v) is 5.97. The highest BCUT2D eigenvalue weighted by Gasteiger charge is 2.13. The Labute approximate surface area is 107 Å². The second-order valence-corrected chi connectivity index (χ2v) is 4.18. The summed E-state index contributed by atoms with van der Waals surface area (Å²) >= 11 is 0. The van der Waals surface area contributed by atoms with Crippen molar-refractivity contribution < 1.29 is 5.11 Å². The van der Waals surface area contributed by atoms with Crippen molar-refractivity contribution in [2.75, 3.05) is 0 Å². The summed E-state index contributed by atoms with van der Waals surface area (Å²) in [7, 11) is 0. The molecule has 0 aliphatic carbocycles. The molecule has 0 fully saturated rings. The summed E-state index contributed by atoms with van der Waals surface area (Å²) in [6, 6.07) is 11.6. The number of nitrogens with zero attached hydrogens (tertiary/aromatic N) is 3. The molecule has 2 heterocycles. The lowest BCUT2D eigenvalue weighted by molar-refractivity contribution is 0.00484. The van der Waals surface area contributed by atoms with E-state index in [0.29, 0.717) is 13.1 Å². The minimum absolute atomic E-state index is 0.533. The normalized spacial score (nSPS) is 12.6. The molecule has 0 saturated heterocycles. The predicted molar refractivity (Wildman–Crippen MR) is 69.4 cm³/mol. The molecule has 4 heteroatoms. The van der Waals surface area contributed by atoms with Gasteiger partial charge in [0.1, 0.15) is 6.23 Å². The zero-order valence-electron chi connectivity index (χ0n) is 10.4. The third-order valence-corrected chi connectivity index (χ3v) is 2.71. The van der Waals surface area contributed by atoms with Crippen LogP contribution < -0.4 is 0 Å². The van der Waals surface area contributed by atoms with Gasteiger partial charge in [0.15, 0.2) is 0 Å². The zero-order chi connectivity index (χ0) is 12.8. The molecule has 1 N–H and O–H groups in total. The van der Waals surface area contributed by atoms with Crippen molar-refractivity contribution in [2.45, 2.75) is 26.2 Å². The van der Waals surface area contributed by atoms with Gasteiger partial charge < -0.3 is 5.11 Å². The second-order valence-electron chi connectivity index (χ2n) is 4.18. The van der Waals surface area contributed by atoms with Crippen LogP contribution in [0.3, 0.4) is 0 Å². The van der Waals surface area contributed by atoms with Crippen molar-refractivity contribution in [2.24, 2.45) is 0 Å². The van der Waals surface area contributed by atoms with Gasteiger partial charge in [-0.15, -0.1) is 0 Å². The molecule has 0 spiro atoms. The molecular formula is C14H17N3O. The van der Waals surface area contributed by atoms with Gasteiger partial charge in [0.25, 0.3) is 0 Å². The van der Waals surface area contributed by atoms with Gasteiger partial charge in [0.05, 0.1) is 11.4 Å². The number of rotatable bonds is 5. The van der Waals surface area contributed by atoms with Crippen molar-refractivity contribution in [3.63, 3.8) is 0 Å². The van der Waals surface area contributed by atoms with Gasteiger partial charge >= 0.3 is 0 Å². The van der Waals surface area contributed by atoms with Gasteiger partial charge in [0.2, 0.25) is 0 Å². The molecule has 2 aromatic heterocycles. The Bertz CT molecular complexity index is 417. The van der Waals surface area contributed by atoms with E-state index in [2.05, 4.69) is 9.97 Å². The summed E-state index contributed by atoms with van der Waals surface area (Å²) in [5.41, 5.74) is 1.88. The second kappa shape index (κ2) is 6.23. The van der Waals surface area contributed by atoms with Gasteiger partial charge in [-0.2, -0.15) is 0 Å². The number of pyridine rings is 2. The van der Waals surface area contributed by atoms with Crippen molar-refractivity contribution in [1.82, 2.24) is 14.9 Å². The van der Waals surface area contributed by atoms with Crippen molar-refractivity contribution in [3.8, 4) is 0 Å². The molecule has 94 valence electrons. The number of hydrogen-bond donors (Lipinski definition) is 1. The van der Waals surface area contributed by atoms with E-state index >= 15 is 0 Å². The number of aliphatic hydroxyl groups is 1. The fourth-order valence-electron chi connectivity index (χ4n) is 1.72. The number of aliphatic hydroxyl groups excluding tert-OH is 1. The Morgan fingerprint density at radius 1 is 1.00 bits per heavy atom. The highest BCUT2D eigenvalue weighted by molar-refractivity contribution is 5.06. The van der Waals surface area contributed by atoms with Gasteiger partial charge in [-0.25, -0.2) is 0 Å². The lowest BCUT2D eigenvalue weighted by atomic mass is 10.3. The lowest BCUT2D eigenvalue weighted by Gasteiger charge is -2.24. The molecular weight excluding hydrogens is 226 g/mol. The van der Waals surface area contributed by atoms with Crippen LogP contribution in [0, 0.1) is 0 Å². The molecule has 0 bridgehead atoms.